The quantitative estimate of drug-likeness (QED) is 0.639. The first-order valence-electron chi connectivity index (χ1n) is 8.38. The molecular weight excluding hydrogens is 360 g/mol. The molecule has 3 amide bonds. The monoisotopic (exact) mass is 378 g/mol. The second-order valence-electron chi connectivity index (χ2n) is 5.76. The number of rotatable bonds is 6. The van der Waals surface area contributed by atoms with Crippen LogP contribution in [0.3, 0.4) is 0 Å². The molecule has 2 aromatic carbocycles. The maximum absolute atomic E-state index is 11.9. The summed E-state index contributed by atoms with van der Waals surface area (Å²) in [6.45, 7) is 1.58. The number of nitrogens with one attached hydrogen (secondary N) is 2. The third kappa shape index (κ3) is 5.49. The van der Waals surface area contributed by atoms with Crippen LogP contribution in [0.4, 0.5) is 10.5 Å². The molecule has 0 unspecified atom stereocenters. The molecule has 0 bridgehead atoms. The Balaban J connectivity index is 1.45. The fourth-order valence-corrected chi connectivity index (χ4v) is 2.22. The number of ether oxygens (including phenoxy) is 1. The average molecular weight is 378 g/mol. The summed E-state index contributed by atoms with van der Waals surface area (Å²) in [4.78, 5) is 23.7. The highest BCUT2D eigenvalue weighted by Crippen LogP contribution is 2.13. The van der Waals surface area contributed by atoms with Crippen molar-refractivity contribution in [3.63, 3.8) is 0 Å². The summed E-state index contributed by atoms with van der Waals surface area (Å²) in [6, 6.07) is 13.6. The molecule has 142 valence electrons. The van der Waals surface area contributed by atoms with E-state index in [-0.39, 0.29) is 6.61 Å². The van der Waals surface area contributed by atoms with Gasteiger partial charge in [-0.1, -0.05) is 18.2 Å². The summed E-state index contributed by atoms with van der Waals surface area (Å²) in [6.07, 6.45) is 4.58. The van der Waals surface area contributed by atoms with Gasteiger partial charge in [-0.25, -0.2) is 9.47 Å². The number of carbonyl (C=O) groups excluding carboxylic acids is 2. The van der Waals surface area contributed by atoms with E-state index in [1.54, 1.807) is 42.6 Å². The smallest absolute Gasteiger partial charge is 0.325 e. The molecule has 1 heterocycles. The van der Waals surface area contributed by atoms with E-state index in [1.165, 1.54) is 17.3 Å². The lowest BCUT2D eigenvalue weighted by Crippen LogP contribution is -2.37. The molecule has 3 aromatic rings. The van der Waals surface area contributed by atoms with Crippen molar-refractivity contribution in [1.82, 2.24) is 20.2 Å². The Hall–Kier alpha value is -4.01. The summed E-state index contributed by atoms with van der Waals surface area (Å²) < 4.78 is 6.86. The van der Waals surface area contributed by atoms with Crippen molar-refractivity contribution in [3.8, 4) is 5.75 Å². The molecule has 9 heteroatoms. The zero-order chi connectivity index (χ0) is 19.8. The standard InChI is InChI=1S/C19H18N6O3/c1-14-4-2-3-5-17(14)23-19(27)24-18(26)11-28-16-8-6-15(7-9-16)10-22-25-12-20-21-13-25/h2-10,12-13H,11H2,1H3,(H2,23,24,26,27)/b22-10+. The van der Waals surface area contributed by atoms with Crippen LogP contribution in [0.15, 0.2) is 66.3 Å². The molecule has 0 aliphatic heterocycles. The minimum atomic E-state index is -0.608. The molecule has 0 spiro atoms. The lowest BCUT2D eigenvalue weighted by atomic mass is 10.2. The summed E-state index contributed by atoms with van der Waals surface area (Å²) in [5.41, 5.74) is 2.37. The summed E-state index contributed by atoms with van der Waals surface area (Å²) >= 11 is 0. The predicted octanol–water partition coefficient (Wildman–Crippen LogP) is 2.20. The van der Waals surface area contributed by atoms with Crippen LogP contribution in [-0.2, 0) is 4.79 Å². The Bertz CT molecular complexity index is 968. The molecule has 0 saturated heterocycles. The van der Waals surface area contributed by atoms with Gasteiger partial charge in [-0.3, -0.25) is 10.1 Å². The van der Waals surface area contributed by atoms with Gasteiger partial charge < -0.3 is 10.1 Å². The molecule has 0 fully saturated rings. The van der Waals surface area contributed by atoms with Crippen LogP contribution < -0.4 is 15.4 Å². The van der Waals surface area contributed by atoms with Gasteiger partial charge in [0.25, 0.3) is 5.91 Å². The van der Waals surface area contributed by atoms with Crippen LogP contribution in [0.1, 0.15) is 11.1 Å². The fraction of sp³-hybridized carbons (Fsp3) is 0.105. The number of benzene rings is 2. The number of aromatic nitrogens is 3. The SMILES string of the molecule is Cc1ccccc1NC(=O)NC(=O)COc1ccc(/C=N/n2cnnc2)cc1. The first-order chi connectivity index (χ1) is 13.6. The Labute approximate surface area is 161 Å². The van der Waals surface area contributed by atoms with E-state index in [2.05, 4.69) is 25.9 Å². The van der Waals surface area contributed by atoms with Gasteiger partial charge in [0, 0.05) is 5.69 Å². The predicted molar refractivity (Wildman–Crippen MR) is 103 cm³/mol. The van der Waals surface area contributed by atoms with Gasteiger partial charge in [0.15, 0.2) is 6.61 Å². The Morgan fingerprint density at radius 2 is 1.82 bits per heavy atom. The highest BCUT2D eigenvalue weighted by Gasteiger charge is 2.09. The molecule has 0 radical (unpaired) electrons. The highest BCUT2D eigenvalue weighted by atomic mass is 16.5. The largest absolute Gasteiger partial charge is 0.484 e. The van der Waals surface area contributed by atoms with Crippen molar-refractivity contribution < 1.29 is 14.3 Å². The van der Waals surface area contributed by atoms with Crippen LogP contribution in [0.2, 0.25) is 0 Å². The molecular formula is C19H18N6O3. The third-order valence-corrected chi connectivity index (χ3v) is 3.64. The van der Waals surface area contributed by atoms with Crippen molar-refractivity contribution in [2.45, 2.75) is 6.92 Å². The number of hydrogen-bond donors (Lipinski definition) is 2. The van der Waals surface area contributed by atoms with E-state index < -0.39 is 11.9 Å². The van der Waals surface area contributed by atoms with Gasteiger partial charge in [-0.15, -0.1) is 10.2 Å². The van der Waals surface area contributed by atoms with Gasteiger partial charge >= 0.3 is 6.03 Å². The number of amides is 3. The van der Waals surface area contributed by atoms with Crippen LogP contribution in [0.25, 0.3) is 0 Å². The zero-order valence-corrected chi connectivity index (χ0v) is 15.1. The first-order valence-corrected chi connectivity index (χ1v) is 8.38. The molecule has 0 atom stereocenters. The van der Waals surface area contributed by atoms with Crippen LogP contribution >= 0.6 is 0 Å². The lowest BCUT2D eigenvalue weighted by molar-refractivity contribution is -0.121. The van der Waals surface area contributed by atoms with Crippen LogP contribution in [0.5, 0.6) is 5.75 Å². The van der Waals surface area contributed by atoms with Crippen molar-refractivity contribution in [1.29, 1.82) is 0 Å². The van der Waals surface area contributed by atoms with E-state index in [0.29, 0.717) is 11.4 Å². The van der Waals surface area contributed by atoms with Gasteiger partial charge in [0.05, 0.1) is 6.21 Å². The van der Waals surface area contributed by atoms with E-state index in [4.69, 9.17) is 4.74 Å². The maximum Gasteiger partial charge on any atom is 0.325 e. The van der Waals surface area contributed by atoms with E-state index in [1.807, 2.05) is 19.1 Å². The second-order valence-corrected chi connectivity index (χ2v) is 5.76. The Morgan fingerprint density at radius 3 is 2.54 bits per heavy atom. The zero-order valence-electron chi connectivity index (χ0n) is 15.1. The van der Waals surface area contributed by atoms with E-state index >= 15 is 0 Å². The number of nitrogens with zero attached hydrogens (tertiary/aromatic N) is 4. The summed E-state index contributed by atoms with van der Waals surface area (Å²) in [7, 11) is 0. The number of aryl methyl sites for hydroxylation is 1. The number of carbonyl (C=O) groups is 2. The van der Waals surface area contributed by atoms with Crippen LogP contribution in [-0.4, -0.2) is 39.6 Å². The van der Waals surface area contributed by atoms with Crippen molar-refractivity contribution in [2.75, 3.05) is 11.9 Å². The van der Waals surface area contributed by atoms with Crippen molar-refractivity contribution >= 4 is 23.8 Å². The van der Waals surface area contributed by atoms with E-state index in [0.717, 1.165) is 11.1 Å². The topological polar surface area (TPSA) is 110 Å². The normalized spacial score (nSPS) is 10.6. The Kier molecular flexibility index (Phi) is 6.09. The third-order valence-electron chi connectivity index (χ3n) is 3.64. The molecule has 0 saturated carbocycles. The maximum atomic E-state index is 11.9. The number of imide groups is 1. The number of hydrogen-bond acceptors (Lipinski definition) is 6. The number of urea groups is 1. The van der Waals surface area contributed by atoms with E-state index in [9.17, 15) is 9.59 Å². The van der Waals surface area contributed by atoms with Gasteiger partial charge in [0.1, 0.15) is 18.4 Å². The lowest BCUT2D eigenvalue weighted by Gasteiger charge is -2.09. The summed E-state index contributed by atoms with van der Waals surface area (Å²) in [5, 5.41) is 16.3. The van der Waals surface area contributed by atoms with Crippen LogP contribution in [0, 0.1) is 6.92 Å². The number of para-hydroxylation sites is 1. The van der Waals surface area contributed by atoms with Crippen molar-refractivity contribution in [2.24, 2.45) is 5.10 Å². The molecule has 9 nitrogen and oxygen atoms in total. The molecule has 0 aliphatic carbocycles. The minimum absolute atomic E-state index is 0.282. The van der Waals surface area contributed by atoms with Gasteiger partial charge in [-0.2, -0.15) is 5.10 Å². The Morgan fingerprint density at radius 1 is 1.11 bits per heavy atom. The molecule has 2 N–H and O–H groups in total. The highest BCUT2D eigenvalue weighted by molar-refractivity contribution is 6.01. The first kappa shape index (κ1) is 18.8. The van der Waals surface area contributed by atoms with Gasteiger partial charge in [-0.05, 0) is 48.4 Å². The fourth-order valence-electron chi connectivity index (χ4n) is 2.22. The molecule has 0 aliphatic rings. The van der Waals surface area contributed by atoms with Crippen molar-refractivity contribution in [3.05, 3.63) is 72.3 Å². The summed E-state index contributed by atoms with van der Waals surface area (Å²) in [5.74, 6) is -0.0553. The number of anilines is 1. The minimum Gasteiger partial charge on any atom is -0.484 e. The average Bonchev–Trinajstić information content (AvgIpc) is 3.21. The molecule has 28 heavy (non-hydrogen) atoms. The molecule has 1 aromatic heterocycles. The van der Waals surface area contributed by atoms with Gasteiger partial charge in [0.2, 0.25) is 0 Å². The molecule has 3 rings (SSSR count). The second kappa shape index (κ2) is 9.08.